The van der Waals surface area contributed by atoms with Gasteiger partial charge in [-0.1, -0.05) is 18.9 Å². The lowest BCUT2D eigenvalue weighted by Crippen LogP contribution is -2.39. The summed E-state index contributed by atoms with van der Waals surface area (Å²) in [5, 5.41) is 0. The SMILES string of the molecule is O=C(c1cnccn1)N(Cc1c(F)cccc1F)C1CCCC1. The van der Waals surface area contributed by atoms with Crippen LogP contribution in [0.25, 0.3) is 0 Å². The van der Waals surface area contributed by atoms with Crippen LogP contribution in [0.2, 0.25) is 0 Å². The van der Waals surface area contributed by atoms with Crippen molar-refractivity contribution in [3.8, 4) is 0 Å². The Balaban J connectivity index is 1.91. The molecule has 0 bridgehead atoms. The molecule has 0 N–H and O–H groups in total. The fourth-order valence-corrected chi connectivity index (χ4v) is 2.99. The second-order valence-corrected chi connectivity index (χ2v) is 5.66. The van der Waals surface area contributed by atoms with Gasteiger partial charge in [0.25, 0.3) is 5.91 Å². The van der Waals surface area contributed by atoms with Gasteiger partial charge in [0.05, 0.1) is 12.7 Å². The van der Waals surface area contributed by atoms with E-state index < -0.39 is 11.6 Å². The summed E-state index contributed by atoms with van der Waals surface area (Å²) in [5.74, 6) is -1.62. The monoisotopic (exact) mass is 317 g/mol. The number of hydrogen-bond donors (Lipinski definition) is 0. The molecule has 0 spiro atoms. The minimum atomic E-state index is -0.639. The van der Waals surface area contributed by atoms with Crippen molar-refractivity contribution in [2.75, 3.05) is 0 Å². The lowest BCUT2D eigenvalue weighted by Gasteiger charge is -2.29. The molecule has 1 aliphatic rings. The van der Waals surface area contributed by atoms with Gasteiger partial charge in [-0.25, -0.2) is 13.8 Å². The number of halogens is 2. The van der Waals surface area contributed by atoms with Gasteiger partial charge in [-0.15, -0.1) is 0 Å². The molecule has 0 radical (unpaired) electrons. The molecule has 0 unspecified atom stereocenters. The average Bonchev–Trinajstić information content (AvgIpc) is 3.09. The van der Waals surface area contributed by atoms with Crippen molar-refractivity contribution in [1.82, 2.24) is 14.9 Å². The molecule has 120 valence electrons. The van der Waals surface area contributed by atoms with Crippen molar-refractivity contribution in [1.29, 1.82) is 0 Å². The highest BCUT2D eigenvalue weighted by Gasteiger charge is 2.29. The zero-order valence-electron chi connectivity index (χ0n) is 12.6. The normalized spacial score (nSPS) is 14.9. The van der Waals surface area contributed by atoms with Crippen molar-refractivity contribution in [2.45, 2.75) is 38.3 Å². The highest BCUT2D eigenvalue weighted by Crippen LogP contribution is 2.27. The maximum absolute atomic E-state index is 14.0. The van der Waals surface area contributed by atoms with Crippen molar-refractivity contribution in [3.63, 3.8) is 0 Å². The average molecular weight is 317 g/mol. The fraction of sp³-hybridized carbons (Fsp3) is 0.353. The zero-order chi connectivity index (χ0) is 16.2. The molecule has 1 saturated carbocycles. The number of carbonyl (C=O) groups is 1. The largest absolute Gasteiger partial charge is 0.330 e. The van der Waals surface area contributed by atoms with E-state index in [9.17, 15) is 13.6 Å². The Morgan fingerprint density at radius 1 is 1.17 bits per heavy atom. The summed E-state index contributed by atoms with van der Waals surface area (Å²) >= 11 is 0. The molecule has 0 atom stereocenters. The van der Waals surface area contributed by atoms with Crippen LogP contribution in [-0.4, -0.2) is 26.8 Å². The van der Waals surface area contributed by atoms with Crippen LogP contribution in [0.1, 0.15) is 41.7 Å². The quantitative estimate of drug-likeness (QED) is 0.869. The molecule has 1 amide bonds. The van der Waals surface area contributed by atoms with Crippen LogP contribution in [0.4, 0.5) is 8.78 Å². The van der Waals surface area contributed by atoms with E-state index in [1.165, 1.54) is 41.7 Å². The minimum Gasteiger partial charge on any atom is -0.330 e. The standard InChI is InChI=1S/C17H17F2N3O/c18-14-6-3-7-15(19)13(14)11-22(12-4-1-2-5-12)17(23)16-10-20-8-9-21-16/h3,6-10,12H,1-2,4-5,11H2. The summed E-state index contributed by atoms with van der Waals surface area (Å²) in [7, 11) is 0. The maximum Gasteiger partial charge on any atom is 0.274 e. The van der Waals surface area contributed by atoms with E-state index in [1.807, 2.05) is 0 Å². The predicted octanol–water partition coefficient (Wildman–Crippen LogP) is 3.34. The topological polar surface area (TPSA) is 46.1 Å². The van der Waals surface area contributed by atoms with E-state index in [2.05, 4.69) is 9.97 Å². The lowest BCUT2D eigenvalue weighted by molar-refractivity contribution is 0.0653. The molecule has 1 fully saturated rings. The number of aromatic nitrogens is 2. The third-order valence-corrected chi connectivity index (χ3v) is 4.20. The van der Waals surface area contributed by atoms with Crippen molar-refractivity contribution in [2.24, 2.45) is 0 Å². The van der Waals surface area contributed by atoms with Gasteiger partial charge >= 0.3 is 0 Å². The second kappa shape index (κ2) is 6.81. The zero-order valence-corrected chi connectivity index (χ0v) is 12.6. The van der Waals surface area contributed by atoms with E-state index in [1.54, 1.807) is 0 Å². The Morgan fingerprint density at radius 3 is 2.48 bits per heavy atom. The number of benzene rings is 1. The third kappa shape index (κ3) is 3.36. The highest BCUT2D eigenvalue weighted by molar-refractivity contribution is 5.92. The highest BCUT2D eigenvalue weighted by atomic mass is 19.1. The Labute approximate surface area is 133 Å². The summed E-state index contributed by atoms with van der Waals surface area (Å²) in [4.78, 5) is 22.2. The summed E-state index contributed by atoms with van der Waals surface area (Å²) in [5.41, 5.74) is 0.104. The molecular weight excluding hydrogens is 300 g/mol. The molecule has 0 aliphatic heterocycles. The van der Waals surface area contributed by atoms with Crippen LogP contribution in [-0.2, 0) is 6.54 Å². The van der Waals surface area contributed by atoms with Gasteiger partial charge in [0.15, 0.2) is 0 Å². The first-order valence-corrected chi connectivity index (χ1v) is 7.66. The maximum atomic E-state index is 14.0. The molecule has 2 aromatic rings. The molecule has 6 heteroatoms. The molecule has 3 rings (SSSR count). The molecule has 1 aliphatic carbocycles. The first-order valence-electron chi connectivity index (χ1n) is 7.66. The fourth-order valence-electron chi connectivity index (χ4n) is 2.99. The summed E-state index contributed by atoms with van der Waals surface area (Å²) in [6.07, 6.45) is 7.98. The summed E-state index contributed by atoms with van der Waals surface area (Å²) in [6.45, 7) is -0.0986. The van der Waals surface area contributed by atoms with E-state index in [-0.39, 0.29) is 29.8 Å². The van der Waals surface area contributed by atoms with Gasteiger partial charge < -0.3 is 4.90 Å². The molecule has 4 nitrogen and oxygen atoms in total. The van der Waals surface area contributed by atoms with Gasteiger partial charge in [0.2, 0.25) is 0 Å². The second-order valence-electron chi connectivity index (χ2n) is 5.66. The van der Waals surface area contributed by atoms with Crippen LogP contribution in [0.3, 0.4) is 0 Å². The minimum absolute atomic E-state index is 0.0245. The van der Waals surface area contributed by atoms with Gasteiger partial charge in [0, 0.05) is 24.0 Å². The van der Waals surface area contributed by atoms with Crippen molar-refractivity contribution >= 4 is 5.91 Å². The lowest BCUT2D eigenvalue weighted by atomic mass is 10.1. The van der Waals surface area contributed by atoms with Crippen LogP contribution in [0.15, 0.2) is 36.8 Å². The van der Waals surface area contributed by atoms with E-state index in [4.69, 9.17) is 0 Å². The van der Waals surface area contributed by atoms with Crippen LogP contribution in [0.5, 0.6) is 0 Å². The molecule has 1 heterocycles. The molecular formula is C17H17F2N3O. The summed E-state index contributed by atoms with van der Waals surface area (Å²) < 4.78 is 27.9. The van der Waals surface area contributed by atoms with E-state index in [0.717, 1.165) is 25.7 Å². The van der Waals surface area contributed by atoms with Crippen LogP contribution in [0, 0.1) is 11.6 Å². The Kier molecular flexibility index (Phi) is 4.60. The van der Waals surface area contributed by atoms with Crippen molar-refractivity contribution < 1.29 is 13.6 Å². The number of nitrogens with zero attached hydrogens (tertiary/aromatic N) is 3. The summed E-state index contributed by atoms with van der Waals surface area (Å²) in [6, 6.07) is 3.71. The number of amides is 1. The Bertz CT molecular complexity index is 667. The number of carbonyl (C=O) groups excluding carboxylic acids is 1. The van der Waals surface area contributed by atoms with Gasteiger partial charge in [-0.3, -0.25) is 9.78 Å². The third-order valence-electron chi connectivity index (χ3n) is 4.20. The van der Waals surface area contributed by atoms with E-state index in [0.29, 0.717) is 0 Å². The first-order chi connectivity index (χ1) is 11.2. The number of rotatable bonds is 4. The Morgan fingerprint density at radius 2 is 1.87 bits per heavy atom. The molecule has 0 saturated heterocycles. The van der Waals surface area contributed by atoms with Gasteiger partial charge in [-0.05, 0) is 25.0 Å². The number of hydrogen-bond acceptors (Lipinski definition) is 3. The van der Waals surface area contributed by atoms with Gasteiger partial charge in [0.1, 0.15) is 17.3 Å². The van der Waals surface area contributed by atoms with Crippen LogP contribution >= 0.6 is 0 Å². The molecule has 1 aromatic heterocycles. The smallest absolute Gasteiger partial charge is 0.274 e. The predicted molar refractivity (Wildman–Crippen MR) is 80.5 cm³/mol. The van der Waals surface area contributed by atoms with E-state index >= 15 is 0 Å². The van der Waals surface area contributed by atoms with Gasteiger partial charge in [-0.2, -0.15) is 0 Å². The molecule has 1 aromatic carbocycles. The van der Waals surface area contributed by atoms with Crippen LogP contribution < -0.4 is 0 Å². The van der Waals surface area contributed by atoms with Crippen molar-refractivity contribution in [3.05, 3.63) is 59.7 Å². The molecule has 23 heavy (non-hydrogen) atoms. The first kappa shape index (κ1) is 15.5. The Hall–Kier alpha value is -2.37.